The van der Waals surface area contributed by atoms with Gasteiger partial charge in [-0.25, -0.2) is 0 Å². The van der Waals surface area contributed by atoms with Crippen LogP contribution in [0.15, 0.2) is 0 Å². The lowest BCUT2D eigenvalue weighted by atomic mass is 9.44. The second kappa shape index (κ2) is 3.02. The Morgan fingerprint density at radius 3 is 2.38 bits per heavy atom. The van der Waals surface area contributed by atoms with Gasteiger partial charge in [0.1, 0.15) is 0 Å². The monoisotopic (exact) mass is 224 g/mol. The lowest BCUT2D eigenvalue weighted by Gasteiger charge is -2.64. The van der Waals surface area contributed by atoms with Gasteiger partial charge in [0.2, 0.25) is 0 Å². The first-order valence-corrected chi connectivity index (χ1v) is 6.74. The first kappa shape index (κ1) is 11.0. The van der Waals surface area contributed by atoms with Crippen molar-refractivity contribution in [2.75, 3.05) is 0 Å². The molecule has 6 atom stereocenters. The van der Waals surface area contributed by atoms with E-state index in [2.05, 4.69) is 20.8 Å². The maximum atomic E-state index is 11.1. The Balaban J connectivity index is 2.02. The summed E-state index contributed by atoms with van der Waals surface area (Å²) in [5.74, 6) is 1.81. The van der Waals surface area contributed by atoms with Gasteiger partial charge in [0.05, 0.1) is 11.7 Å². The average Bonchev–Trinajstić information content (AvgIpc) is 2.18. The number of aliphatic hydroxyl groups excluding tert-OH is 1. The molecule has 4 rings (SSSR count). The van der Waals surface area contributed by atoms with E-state index in [1.807, 2.05) is 0 Å². The third kappa shape index (κ3) is 1.15. The SMILES string of the molecule is CC(C)(C)[C@@]1(O)[C@H]2C[C@@H]3C[C@H](C2)[C@H](O)[C@H]1C3. The summed E-state index contributed by atoms with van der Waals surface area (Å²) in [7, 11) is 0. The van der Waals surface area contributed by atoms with Gasteiger partial charge in [0.25, 0.3) is 0 Å². The highest BCUT2D eigenvalue weighted by atomic mass is 16.3. The standard InChI is InChI=1S/C14H24O2/c1-13(2,3)14(16)10-5-8-4-9(7-10)12(15)11(14)6-8/h8-12,15-16H,4-7H2,1-3H3/t8-,9+,10-,11+,12-,14+/m0/s1. The summed E-state index contributed by atoms with van der Waals surface area (Å²) in [6, 6.07) is 0. The molecule has 4 aliphatic carbocycles. The van der Waals surface area contributed by atoms with Crippen LogP contribution in [0.5, 0.6) is 0 Å². The van der Waals surface area contributed by atoms with E-state index in [0.717, 1.165) is 18.8 Å². The van der Waals surface area contributed by atoms with E-state index < -0.39 is 5.60 Å². The molecule has 0 heterocycles. The number of hydrogen-bond acceptors (Lipinski definition) is 2. The summed E-state index contributed by atoms with van der Waals surface area (Å²) < 4.78 is 0. The summed E-state index contributed by atoms with van der Waals surface area (Å²) >= 11 is 0. The van der Waals surface area contributed by atoms with Gasteiger partial charge in [-0.15, -0.1) is 0 Å². The predicted octanol–water partition coefficient (Wildman–Crippen LogP) is 2.19. The molecule has 2 nitrogen and oxygen atoms in total. The molecule has 4 saturated carbocycles. The molecular formula is C14H24O2. The van der Waals surface area contributed by atoms with Crippen LogP contribution in [-0.2, 0) is 0 Å². The molecule has 4 bridgehead atoms. The minimum Gasteiger partial charge on any atom is -0.392 e. The van der Waals surface area contributed by atoms with E-state index in [4.69, 9.17) is 0 Å². The maximum absolute atomic E-state index is 11.1. The van der Waals surface area contributed by atoms with Gasteiger partial charge in [-0.1, -0.05) is 20.8 Å². The van der Waals surface area contributed by atoms with Crippen LogP contribution < -0.4 is 0 Å². The van der Waals surface area contributed by atoms with Crippen LogP contribution in [0, 0.1) is 29.1 Å². The number of rotatable bonds is 0. The highest BCUT2D eigenvalue weighted by Crippen LogP contribution is 2.62. The van der Waals surface area contributed by atoms with E-state index in [1.54, 1.807) is 0 Å². The first-order chi connectivity index (χ1) is 7.34. The highest BCUT2D eigenvalue weighted by Gasteiger charge is 2.64. The van der Waals surface area contributed by atoms with E-state index in [1.165, 1.54) is 12.8 Å². The summed E-state index contributed by atoms with van der Waals surface area (Å²) in [6.07, 6.45) is 4.23. The van der Waals surface area contributed by atoms with Crippen molar-refractivity contribution in [3.8, 4) is 0 Å². The second-order valence-corrected chi connectivity index (χ2v) is 7.44. The Morgan fingerprint density at radius 1 is 1.06 bits per heavy atom. The summed E-state index contributed by atoms with van der Waals surface area (Å²) in [4.78, 5) is 0. The molecule has 0 radical (unpaired) electrons. The molecule has 0 saturated heterocycles. The number of hydrogen-bond donors (Lipinski definition) is 2. The Labute approximate surface area is 98.1 Å². The summed E-state index contributed by atoms with van der Waals surface area (Å²) in [6.45, 7) is 6.38. The zero-order valence-corrected chi connectivity index (χ0v) is 10.6. The van der Waals surface area contributed by atoms with Crippen molar-refractivity contribution in [3.05, 3.63) is 0 Å². The van der Waals surface area contributed by atoms with Gasteiger partial charge in [-0.2, -0.15) is 0 Å². The zero-order valence-electron chi connectivity index (χ0n) is 10.6. The Kier molecular flexibility index (Phi) is 2.09. The molecular weight excluding hydrogens is 200 g/mol. The van der Waals surface area contributed by atoms with Crippen molar-refractivity contribution in [1.82, 2.24) is 0 Å². The molecule has 0 aromatic rings. The van der Waals surface area contributed by atoms with Crippen LogP contribution in [0.4, 0.5) is 0 Å². The van der Waals surface area contributed by atoms with Crippen LogP contribution in [0.2, 0.25) is 0 Å². The van der Waals surface area contributed by atoms with Crippen LogP contribution in [0.1, 0.15) is 46.5 Å². The van der Waals surface area contributed by atoms with Gasteiger partial charge in [-0.05, 0) is 48.9 Å². The molecule has 0 aromatic carbocycles. The minimum atomic E-state index is -0.639. The van der Waals surface area contributed by atoms with Crippen molar-refractivity contribution >= 4 is 0 Å². The third-order valence-electron chi connectivity index (χ3n) is 5.71. The third-order valence-corrected chi connectivity index (χ3v) is 5.71. The normalized spacial score (nSPS) is 55.7. The zero-order chi connectivity index (χ0) is 11.7. The molecule has 0 aliphatic heterocycles. The van der Waals surface area contributed by atoms with Crippen molar-refractivity contribution in [3.63, 3.8) is 0 Å². The predicted molar refractivity (Wildman–Crippen MR) is 62.8 cm³/mol. The summed E-state index contributed by atoms with van der Waals surface area (Å²) in [5, 5.41) is 21.5. The smallest absolute Gasteiger partial charge is 0.0776 e. The molecule has 0 aromatic heterocycles. The molecule has 2 N–H and O–H groups in total. The van der Waals surface area contributed by atoms with Gasteiger partial charge in [0.15, 0.2) is 0 Å². The van der Waals surface area contributed by atoms with Crippen LogP contribution in [0.25, 0.3) is 0 Å². The highest BCUT2D eigenvalue weighted by molar-refractivity contribution is 5.14. The molecule has 0 unspecified atom stereocenters. The molecule has 2 heteroatoms. The number of aliphatic hydroxyl groups is 2. The van der Waals surface area contributed by atoms with E-state index in [9.17, 15) is 10.2 Å². The van der Waals surface area contributed by atoms with Crippen LogP contribution >= 0.6 is 0 Å². The molecule has 92 valence electrons. The quantitative estimate of drug-likeness (QED) is 0.662. The van der Waals surface area contributed by atoms with Gasteiger partial charge >= 0.3 is 0 Å². The van der Waals surface area contributed by atoms with Gasteiger partial charge in [0, 0.05) is 5.92 Å². The lowest BCUT2D eigenvalue weighted by molar-refractivity contribution is -0.260. The second-order valence-electron chi connectivity index (χ2n) is 7.44. The Morgan fingerprint density at radius 2 is 1.75 bits per heavy atom. The maximum Gasteiger partial charge on any atom is 0.0776 e. The van der Waals surface area contributed by atoms with Crippen LogP contribution in [-0.4, -0.2) is 21.9 Å². The molecule has 4 fully saturated rings. The topological polar surface area (TPSA) is 40.5 Å². The Bertz CT molecular complexity index is 306. The Hall–Kier alpha value is -0.0800. The first-order valence-electron chi connectivity index (χ1n) is 6.74. The fraction of sp³-hybridized carbons (Fsp3) is 1.00. The van der Waals surface area contributed by atoms with E-state index >= 15 is 0 Å². The van der Waals surface area contributed by atoms with Gasteiger partial charge < -0.3 is 10.2 Å². The van der Waals surface area contributed by atoms with Crippen molar-refractivity contribution in [1.29, 1.82) is 0 Å². The molecule has 16 heavy (non-hydrogen) atoms. The van der Waals surface area contributed by atoms with E-state index in [-0.39, 0.29) is 17.4 Å². The lowest BCUT2D eigenvalue weighted by Crippen LogP contribution is -2.68. The van der Waals surface area contributed by atoms with Crippen molar-refractivity contribution in [2.45, 2.75) is 58.2 Å². The van der Waals surface area contributed by atoms with Crippen molar-refractivity contribution in [2.24, 2.45) is 29.1 Å². The fourth-order valence-corrected chi connectivity index (χ4v) is 5.05. The fourth-order valence-electron chi connectivity index (χ4n) is 5.05. The average molecular weight is 224 g/mol. The summed E-state index contributed by atoms with van der Waals surface area (Å²) in [5.41, 5.74) is -0.754. The van der Waals surface area contributed by atoms with Gasteiger partial charge in [-0.3, -0.25) is 0 Å². The van der Waals surface area contributed by atoms with Crippen molar-refractivity contribution < 1.29 is 10.2 Å². The minimum absolute atomic E-state index is 0.114. The molecule has 4 aliphatic rings. The van der Waals surface area contributed by atoms with Crippen LogP contribution in [0.3, 0.4) is 0 Å². The largest absolute Gasteiger partial charge is 0.392 e. The van der Waals surface area contributed by atoms with E-state index in [0.29, 0.717) is 11.8 Å². The molecule has 0 spiro atoms. The molecule has 0 amide bonds.